The molecule has 0 aliphatic rings. The number of hydrogen-bond acceptors (Lipinski definition) is 8. The van der Waals surface area contributed by atoms with Crippen LogP contribution in [-0.4, -0.2) is 56.5 Å². The van der Waals surface area contributed by atoms with Crippen molar-refractivity contribution in [2.75, 3.05) is 39.6 Å². The van der Waals surface area contributed by atoms with Crippen molar-refractivity contribution < 1.29 is 34.7 Å². The first-order chi connectivity index (χ1) is 15.1. The normalized spacial score (nSPS) is 12.1. The third-order valence-electron chi connectivity index (χ3n) is 4.16. The van der Waals surface area contributed by atoms with E-state index in [0.717, 1.165) is 11.1 Å². The van der Waals surface area contributed by atoms with Crippen LogP contribution in [0.3, 0.4) is 0 Å². The lowest BCUT2D eigenvalue weighted by Gasteiger charge is -2.10. The molecule has 0 heterocycles. The molecule has 0 bridgehead atoms. The summed E-state index contributed by atoms with van der Waals surface area (Å²) in [6, 6.07) is 12.7. The van der Waals surface area contributed by atoms with Crippen LogP contribution in [0.25, 0.3) is 0 Å². The fourth-order valence-corrected chi connectivity index (χ4v) is 4.21. The second-order valence-electron chi connectivity index (χ2n) is 7.03. The third-order valence-corrected chi connectivity index (χ3v) is 6.82. The highest BCUT2D eigenvalue weighted by molar-refractivity contribution is 7.87. The van der Waals surface area contributed by atoms with Crippen molar-refractivity contribution in [2.24, 2.45) is 0 Å². The molecule has 176 valence electrons. The Labute approximate surface area is 190 Å². The van der Waals surface area contributed by atoms with E-state index in [0.29, 0.717) is 5.57 Å². The molecule has 2 rings (SSSR count). The zero-order valence-electron chi connectivity index (χ0n) is 18.2. The Bertz CT molecular complexity index is 986. The Balaban J connectivity index is 1.57. The van der Waals surface area contributed by atoms with Crippen LogP contribution in [0.2, 0.25) is 0 Å². The van der Waals surface area contributed by atoms with E-state index in [1.807, 2.05) is 13.8 Å². The zero-order valence-corrected chi connectivity index (χ0v) is 19.8. The molecule has 0 fully saturated rings. The molecule has 0 aromatic heterocycles. The van der Waals surface area contributed by atoms with E-state index in [4.69, 9.17) is 17.8 Å². The van der Waals surface area contributed by atoms with Gasteiger partial charge in [-0.15, -0.1) is 0 Å². The molecule has 2 aromatic carbocycles. The van der Waals surface area contributed by atoms with Crippen molar-refractivity contribution in [2.45, 2.75) is 23.6 Å². The van der Waals surface area contributed by atoms with Gasteiger partial charge in [-0.3, -0.25) is 8.37 Å². The van der Waals surface area contributed by atoms with E-state index in [2.05, 4.69) is 6.58 Å². The van der Waals surface area contributed by atoms with Crippen molar-refractivity contribution in [3.8, 4) is 0 Å². The Kier molecular flexibility index (Phi) is 10.0. The fourth-order valence-electron chi connectivity index (χ4n) is 2.43. The standard InChI is InChI=1S/C22H28O8S2/c1-18-4-8-21(9-5-18)31(23,24)29-14-12-27-16-20(3)17-28-13-15-30-32(25,26)22-10-6-19(2)7-11-22/h4-11H,3,12-17H2,1-2H3. The average Bonchev–Trinajstić information content (AvgIpc) is 2.73. The van der Waals surface area contributed by atoms with Crippen LogP contribution in [-0.2, 0) is 38.1 Å². The summed E-state index contributed by atoms with van der Waals surface area (Å²) >= 11 is 0. The van der Waals surface area contributed by atoms with E-state index >= 15 is 0 Å². The van der Waals surface area contributed by atoms with E-state index in [9.17, 15) is 16.8 Å². The number of rotatable bonds is 14. The van der Waals surface area contributed by atoms with Gasteiger partial charge in [0.05, 0.1) is 49.4 Å². The van der Waals surface area contributed by atoms with Crippen molar-refractivity contribution in [1.29, 1.82) is 0 Å². The molecule has 2 aromatic rings. The summed E-state index contributed by atoms with van der Waals surface area (Å²) in [6.07, 6.45) is 0. The van der Waals surface area contributed by atoms with Gasteiger partial charge in [-0.2, -0.15) is 16.8 Å². The maximum atomic E-state index is 12.0. The van der Waals surface area contributed by atoms with Gasteiger partial charge in [0.15, 0.2) is 0 Å². The molecule has 32 heavy (non-hydrogen) atoms. The van der Waals surface area contributed by atoms with Crippen LogP contribution in [0, 0.1) is 13.8 Å². The van der Waals surface area contributed by atoms with Gasteiger partial charge >= 0.3 is 0 Å². The summed E-state index contributed by atoms with van der Waals surface area (Å²) in [5.41, 5.74) is 2.51. The number of aryl methyl sites for hydroxylation is 2. The lowest BCUT2D eigenvalue weighted by atomic mass is 10.2. The lowest BCUT2D eigenvalue weighted by Crippen LogP contribution is -2.15. The maximum Gasteiger partial charge on any atom is 0.297 e. The summed E-state index contributed by atoms with van der Waals surface area (Å²) < 4.78 is 68.7. The molecule has 0 N–H and O–H groups in total. The van der Waals surface area contributed by atoms with Crippen molar-refractivity contribution >= 4 is 20.2 Å². The predicted molar refractivity (Wildman–Crippen MR) is 119 cm³/mol. The van der Waals surface area contributed by atoms with Crippen LogP contribution >= 0.6 is 0 Å². The first-order valence-electron chi connectivity index (χ1n) is 9.84. The molecular formula is C22H28O8S2. The maximum absolute atomic E-state index is 12.0. The van der Waals surface area contributed by atoms with Gasteiger partial charge in [0, 0.05) is 0 Å². The Morgan fingerprint density at radius 2 is 1.00 bits per heavy atom. The van der Waals surface area contributed by atoms with Gasteiger partial charge in [0.2, 0.25) is 0 Å². The minimum atomic E-state index is -3.82. The minimum absolute atomic E-state index is 0.0576. The molecule has 0 saturated heterocycles. The van der Waals surface area contributed by atoms with Gasteiger partial charge < -0.3 is 9.47 Å². The molecule has 0 saturated carbocycles. The van der Waals surface area contributed by atoms with Gasteiger partial charge in [-0.1, -0.05) is 42.0 Å². The van der Waals surface area contributed by atoms with Crippen molar-refractivity contribution in [3.05, 3.63) is 71.8 Å². The highest BCUT2D eigenvalue weighted by atomic mass is 32.2. The topological polar surface area (TPSA) is 105 Å². The third kappa shape index (κ3) is 8.81. The molecule has 0 radical (unpaired) electrons. The molecular weight excluding hydrogens is 456 g/mol. The molecule has 0 amide bonds. The lowest BCUT2D eigenvalue weighted by molar-refractivity contribution is 0.0896. The SMILES string of the molecule is C=C(COCCOS(=O)(=O)c1ccc(C)cc1)COCCOS(=O)(=O)c1ccc(C)cc1. The molecule has 0 aliphatic heterocycles. The summed E-state index contributed by atoms with van der Waals surface area (Å²) in [5.74, 6) is 0. The molecule has 8 nitrogen and oxygen atoms in total. The molecule has 0 atom stereocenters. The van der Waals surface area contributed by atoms with Crippen LogP contribution in [0.5, 0.6) is 0 Å². The highest BCUT2D eigenvalue weighted by Crippen LogP contribution is 2.14. The molecule has 0 unspecified atom stereocenters. The smallest absolute Gasteiger partial charge is 0.297 e. The van der Waals surface area contributed by atoms with Crippen LogP contribution in [0.15, 0.2) is 70.5 Å². The summed E-state index contributed by atoms with van der Waals surface area (Å²) in [4.78, 5) is 0.181. The number of hydrogen-bond donors (Lipinski definition) is 0. The minimum Gasteiger partial charge on any atom is -0.375 e. The van der Waals surface area contributed by atoms with Gasteiger partial charge in [0.1, 0.15) is 0 Å². The largest absolute Gasteiger partial charge is 0.375 e. The molecule has 10 heteroatoms. The Morgan fingerprint density at radius 1 is 0.656 bits per heavy atom. The summed E-state index contributed by atoms with van der Waals surface area (Å²) in [7, 11) is -7.65. The van der Waals surface area contributed by atoms with Crippen LogP contribution in [0.4, 0.5) is 0 Å². The Hall–Kier alpha value is -2.08. The second-order valence-corrected chi connectivity index (χ2v) is 10.3. The van der Waals surface area contributed by atoms with Crippen molar-refractivity contribution in [3.63, 3.8) is 0 Å². The first kappa shape index (κ1) is 26.2. The highest BCUT2D eigenvalue weighted by Gasteiger charge is 2.15. The summed E-state index contributed by atoms with van der Waals surface area (Å²) in [5, 5.41) is 0. The number of benzene rings is 2. The first-order valence-corrected chi connectivity index (χ1v) is 12.7. The predicted octanol–water partition coefficient (Wildman–Crippen LogP) is 3.00. The van der Waals surface area contributed by atoms with E-state index in [-0.39, 0.29) is 49.4 Å². The van der Waals surface area contributed by atoms with Gasteiger partial charge in [0.25, 0.3) is 20.2 Å². The van der Waals surface area contributed by atoms with E-state index < -0.39 is 20.2 Å². The van der Waals surface area contributed by atoms with Crippen molar-refractivity contribution in [1.82, 2.24) is 0 Å². The quantitative estimate of drug-likeness (QED) is 0.229. The van der Waals surface area contributed by atoms with Crippen LogP contribution in [0.1, 0.15) is 11.1 Å². The van der Waals surface area contributed by atoms with Gasteiger partial charge in [-0.05, 0) is 43.7 Å². The monoisotopic (exact) mass is 484 g/mol. The average molecular weight is 485 g/mol. The molecule has 0 spiro atoms. The van der Waals surface area contributed by atoms with Crippen LogP contribution < -0.4 is 0 Å². The molecule has 0 aliphatic carbocycles. The van der Waals surface area contributed by atoms with Gasteiger partial charge in [-0.25, -0.2) is 0 Å². The van der Waals surface area contributed by atoms with E-state index in [1.54, 1.807) is 24.3 Å². The fraction of sp³-hybridized carbons (Fsp3) is 0.364. The zero-order chi connectivity index (χ0) is 23.6. The summed E-state index contributed by atoms with van der Waals surface area (Å²) in [6.45, 7) is 7.67. The Morgan fingerprint density at radius 3 is 1.34 bits per heavy atom. The number of ether oxygens (including phenoxy) is 2. The van der Waals surface area contributed by atoms with E-state index in [1.165, 1.54) is 24.3 Å². The second kappa shape index (κ2) is 12.2.